The van der Waals surface area contributed by atoms with Crippen molar-refractivity contribution in [2.24, 2.45) is 5.73 Å². The number of hydrogen-bond acceptors (Lipinski definition) is 2. The highest BCUT2D eigenvalue weighted by atomic mass is 16.5. The molecule has 2 rings (SSSR count). The van der Waals surface area contributed by atoms with Crippen LogP contribution in [-0.4, -0.2) is 18.2 Å². The van der Waals surface area contributed by atoms with Gasteiger partial charge in [-0.25, -0.2) is 0 Å². The van der Waals surface area contributed by atoms with Crippen molar-refractivity contribution in [2.45, 2.75) is 37.3 Å². The van der Waals surface area contributed by atoms with Crippen LogP contribution in [0.2, 0.25) is 0 Å². The summed E-state index contributed by atoms with van der Waals surface area (Å²) in [5, 5.41) is 0. The monoisotopic (exact) mass is 127 g/mol. The number of rotatable bonds is 0. The summed E-state index contributed by atoms with van der Waals surface area (Å²) in [5.74, 6) is 0. The first-order chi connectivity index (χ1) is 4.31. The molecule has 1 aliphatic heterocycles. The fourth-order valence-corrected chi connectivity index (χ4v) is 1.99. The second-order valence-electron chi connectivity index (χ2n) is 3.23. The maximum absolute atomic E-state index is 6.04. The van der Waals surface area contributed by atoms with E-state index in [1.807, 2.05) is 0 Å². The molecule has 0 aromatic rings. The Bertz CT molecular complexity index is 114. The molecule has 2 fully saturated rings. The minimum Gasteiger partial charge on any atom is -0.376 e. The number of fused-ring (bicyclic) bond motifs is 1. The molecule has 0 radical (unpaired) electrons. The standard InChI is InChI=1S/C7H13NO/c8-7-3-1-2-6(7)9-5-4-7/h6H,1-5,8H2/t6-,7+/m0/s1. The maximum Gasteiger partial charge on any atom is 0.0755 e. The van der Waals surface area contributed by atoms with Gasteiger partial charge < -0.3 is 10.5 Å². The lowest BCUT2D eigenvalue weighted by molar-refractivity contribution is 0.0951. The van der Waals surface area contributed by atoms with E-state index in [2.05, 4.69) is 0 Å². The Kier molecular flexibility index (Phi) is 1.08. The highest BCUT2D eigenvalue weighted by Gasteiger charge is 2.43. The van der Waals surface area contributed by atoms with Crippen molar-refractivity contribution < 1.29 is 4.74 Å². The summed E-state index contributed by atoms with van der Waals surface area (Å²) in [5.41, 5.74) is 6.12. The highest BCUT2D eigenvalue weighted by Crippen LogP contribution is 2.37. The van der Waals surface area contributed by atoms with E-state index in [0.717, 1.165) is 13.0 Å². The van der Waals surface area contributed by atoms with Crippen LogP contribution in [-0.2, 0) is 4.74 Å². The van der Waals surface area contributed by atoms with Gasteiger partial charge in [0.25, 0.3) is 0 Å². The summed E-state index contributed by atoms with van der Waals surface area (Å²) < 4.78 is 5.45. The molecule has 0 spiro atoms. The van der Waals surface area contributed by atoms with Crippen LogP contribution in [0.25, 0.3) is 0 Å². The van der Waals surface area contributed by atoms with Gasteiger partial charge in [0.2, 0.25) is 0 Å². The van der Waals surface area contributed by atoms with Gasteiger partial charge in [0.05, 0.1) is 6.10 Å². The quantitative estimate of drug-likeness (QED) is 0.518. The molecule has 2 N–H and O–H groups in total. The molecule has 2 nitrogen and oxygen atoms in total. The Balaban J connectivity index is 2.17. The largest absolute Gasteiger partial charge is 0.376 e. The second kappa shape index (κ2) is 1.70. The second-order valence-corrected chi connectivity index (χ2v) is 3.23. The lowest BCUT2D eigenvalue weighted by Gasteiger charge is -2.20. The van der Waals surface area contributed by atoms with E-state index in [-0.39, 0.29) is 5.54 Å². The van der Waals surface area contributed by atoms with Gasteiger partial charge in [-0.15, -0.1) is 0 Å². The van der Waals surface area contributed by atoms with E-state index in [4.69, 9.17) is 10.5 Å². The van der Waals surface area contributed by atoms with Gasteiger partial charge >= 0.3 is 0 Å². The van der Waals surface area contributed by atoms with Gasteiger partial charge in [0.1, 0.15) is 0 Å². The van der Waals surface area contributed by atoms with E-state index in [1.54, 1.807) is 0 Å². The first kappa shape index (κ1) is 5.69. The molecule has 0 unspecified atom stereocenters. The fourth-order valence-electron chi connectivity index (χ4n) is 1.99. The lowest BCUT2D eigenvalue weighted by Crippen LogP contribution is -2.42. The minimum atomic E-state index is 0.0833. The van der Waals surface area contributed by atoms with Crippen molar-refractivity contribution in [1.29, 1.82) is 0 Å². The van der Waals surface area contributed by atoms with Crippen molar-refractivity contribution in [3.63, 3.8) is 0 Å². The molecule has 2 heteroatoms. The number of nitrogens with two attached hydrogens (primary N) is 1. The smallest absolute Gasteiger partial charge is 0.0755 e. The molecule has 52 valence electrons. The summed E-state index contributed by atoms with van der Waals surface area (Å²) in [6.45, 7) is 0.890. The summed E-state index contributed by atoms with van der Waals surface area (Å²) in [7, 11) is 0. The average molecular weight is 127 g/mol. The zero-order valence-electron chi connectivity index (χ0n) is 5.60. The molecular weight excluding hydrogens is 114 g/mol. The lowest BCUT2D eigenvalue weighted by atomic mass is 9.96. The molecule has 2 aliphatic rings. The van der Waals surface area contributed by atoms with Crippen molar-refractivity contribution in [3.05, 3.63) is 0 Å². The molecule has 0 amide bonds. The predicted molar refractivity (Wildman–Crippen MR) is 35.1 cm³/mol. The van der Waals surface area contributed by atoms with Crippen LogP contribution in [0.1, 0.15) is 25.7 Å². The van der Waals surface area contributed by atoms with Gasteiger partial charge in [-0.2, -0.15) is 0 Å². The van der Waals surface area contributed by atoms with Crippen molar-refractivity contribution >= 4 is 0 Å². The number of ether oxygens (including phenoxy) is 1. The Hall–Kier alpha value is -0.0800. The van der Waals surface area contributed by atoms with Gasteiger partial charge in [-0.1, -0.05) is 0 Å². The van der Waals surface area contributed by atoms with Crippen LogP contribution < -0.4 is 5.73 Å². The van der Waals surface area contributed by atoms with E-state index in [9.17, 15) is 0 Å². The van der Waals surface area contributed by atoms with E-state index >= 15 is 0 Å². The maximum atomic E-state index is 6.04. The molecule has 1 aliphatic carbocycles. The van der Waals surface area contributed by atoms with Crippen LogP contribution in [0.4, 0.5) is 0 Å². The zero-order chi connectivity index (χ0) is 6.32. The summed E-state index contributed by atoms with van der Waals surface area (Å²) in [6.07, 6.45) is 5.12. The van der Waals surface area contributed by atoms with Gasteiger partial charge in [0.15, 0.2) is 0 Å². The highest BCUT2D eigenvalue weighted by molar-refractivity contribution is 5.00. The predicted octanol–water partition coefficient (Wildman–Crippen LogP) is 0.657. The third-order valence-electron chi connectivity index (χ3n) is 2.64. The molecule has 0 bridgehead atoms. The Morgan fingerprint density at radius 1 is 1.44 bits per heavy atom. The average Bonchev–Trinajstić information content (AvgIpc) is 2.22. The molecule has 9 heavy (non-hydrogen) atoms. The van der Waals surface area contributed by atoms with Gasteiger partial charge in [0, 0.05) is 12.1 Å². The van der Waals surface area contributed by atoms with Crippen molar-refractivity contribution in [2.75, 3.05) is 6.61 Å². The molecule has 1 saturated heterocycles. The fraction of sp³-hybridized carbons (Fsp3) is 1.00. The van der Waals surface area contributed by atoms with Crippen LogP contribution in [0.3, 0.4) is 0 Å². The SMILES string of the molecule is N[C@@]12CCC[C@@H]1OCC2. The van der Waals surface area contributed by atoms with Crippen molar-refractivity contribution in [1.82, 2.24) is 0 Å². The van der Waals surface area contributed by atoms with E-state index in [0.29, 0.717) is 6.10 Å². The van der Waals surface area contributed by atoms with Gasteiger partial charge in [-0.05, 0) is 25.7 Å². The van der Waals surface area contributed by atoms with E-state index < -0.39 is 0 Å². The molecule has 2 atom stereocenters. The van der Waals surface area contributed by atoms with Crippen LogP contribution >= 0.6 is 0 Å². The number of hydrogen-bond donors (Lipinski definition) is 1. The summed E-state index contributed by atoms with van der Waals surface area (Å²) in [4.78, 5) is 0. The zero-order valence-corrected chi connectivity index (χ0v) is 5.60. The van der Waals surface area contributed by atoms with E-state index in [1.165, 1.54) is 19.3 Å². The molecule has 0 aromatic carbocycles. The topological polar surface area (TPSA) is 35.2 Å². The Morgan fingerprint density at radius 2 is 2.33 bits per heavy atom. The summed E-state index contributed by atoms with van der Waals surface area (Å²) in [6, 6.07) is 0. The first-order valence-corrected chi connectivity index (χ1v) is 3.72. The van der Waals surface area contributed by atoms with Crippen LogP contribution in [0.15, 0.2) is 0 Å². The first-order valence-electron chi connectivity index (χ1n) is 3.72. The normalized spacial score (nSPS) is 49.7. The Morgan fingerprint density at radius 3 is 3.11 bits per heavy atom. The molecule has 1 saturated carbocycles. The Labute approximate surface area is 55.4 Å². The molecule has 1 heterocycles. The van der Waals surface area contributed by atoms with Crippen LogP contribution in [0, 0.1) is 0 Å². The van der Waals surface area contributed by atoms with Crippen LogP contribution in [0.5, 0.6) is 0 Å². The summed E-state index contributed by atoms with van der Waals surface area (Å²) >= 11 is 0. The third kappa shape index (κ3) is 0.700. The minimum absolute atomic E-state index is 0.0833. The van der Waals surface area contributed by atoms with Gasteiger partial charge in [-0.3, -0.25) is 0 Å². The third-order valence-corrected chi connectivity index (χ3v) is 2.64. The van der Waals surface area contributed by atoms with Crippen molar-refractivity contribution in [3.8, 4) is 0 Å². The molecule has 0 aromatic heterocycles. The molecular formula is C7H13NO.